The van der Waals surface area contributed by atoms with Gasteiger partial charge in [-0.2, -0.15) is 0 Å². The Bertz CT molecular complexity index is 260. The highest BCUT2D eigenvalue weighted by molar-refractivity contribution is 5.22. The van der Waals surface area contributed by atoms with Crippen molar-refractivity contribution in [2.45, 2.75) is 19.6 Å². The predicted molar refractivity (Wildman–Crippen MR) is 55.0 cm³/mol. The zero-order valence-electron chi connectivity index (χ0n) is 8.49. The maximum absolute atomic E-state index is 9.01. The summed E-state index contributed by atoms with van der Waals surface area (Å²) in [6, 6.07) is 0. The van der Waals surface area contributed by atoms with E-state index in [9.17, 15) is 0 Å². The zero-order chi connectivity index (χ0) is 10.4. The van der Waals surface area contributed by atoms with Crippen molar-refractivity contribution in [1.29, 1.82) is 0 Å². The van der Waals surface area contributed by atoms with E-state index in [0.29, 0.717) is 19.0 Å². The summed E-state index contributed by atoms with van der Waals surface area (Å²) in [5.41, 5.74) is 1.00. The molecule has 0 bridgehead atoms. The van der Waals surface area contributed by atoms with Gasteiger partial charge in [0.15, 0.2) is 0 Å². The van der Waals surface area contributed by atoms with Crippen LogP contribution >= 0.6 is 0 Å². The minimum absolute atomic E-state index is 0.326. The Labute approximate surface area is 83.6 Å². The lowest BCUT2D eigenvalue weighted by atomic mass is 10.3. The van der Waals surface area contributed by atoms with E-state index in [2.05, 4.69) is 20.6 Å². The number of nitrogens with one attached hydrogen (secondary N) is 2. The lowest BCUT2D eigenvalue weighted by molar-refractivity contribution is 0.191. The van der Waals surface area contributed by atoms with E-state index in [1.54, 1.807) is 26.4 Å². The highest BCUT2D eigenvalue weighted by Gasteiger charge is 1.97. The Morgan fingerprint density at radius 2 is 2.07 bits per heavy atom. The summed E-state index contributed by atoms with van der Waals surface area (Å²) in [7, 11) is 1.78. The molecule has 0 aliphatic rings. The molecule has 3 N–H and O–H groups in total. The first-order chi connectivity index (χ1) is 6.72. The van der Waals surface area contributed by atoms with Crippen molar-refractivity contribution in [3.63, 3.8) is 0 Å². The minimum atomic E-state index is -0.326. The maximum atomic E-state index is 9.01. The van der Waals surface area contributed by atoms with E-state index in [-0.39, 0.29) is 6.10 Å². The Morgan fingerprint density at radius 3 is 2.57 bits per heavy atom. The van der Waals surface area contributed by atoms with Gasteiger partial charge in [-0.25, -0.2) is 9.97 Å². The van der Waals surface area contributed by atoms with Crippen molar-refractivity contribution in [1.82, 2.24) is 15.3 Å². The molecule has 0 aromatic carbocycles. The number of aliphatic hydroxyl groups excluding tert-OH is 1. The largest absolute Gasteiger partial charge is 0.392 e. The van der Waals surface area contributed by atoms with Crippen molar-refractivity contribution in [2.75, 3.05) is 18.9 Å². The Balaban J connectivity index is 2.36. The summed E-state index contributed by atoms with van der Waals surface area (Å²) < 4.78 is 0. The molecule has 0 spiro atoms. The molecule has 0 saturated carbocycles. The normalized spacial score (nSPS) is 12.5. The van der Waals surface area contributed by atoms with Gasteiger partial charge in [-0.1, -0.05) is 0 Å². The van der Waals surface area contributed by atoms with E-state index in [1.165, 1.54) is 0 Å². The van der Waals surface area contributed by atoms with Crippen LogP contribution in [-0.2, 0) is 6.54 Å². The minimum Gasteiger partial charge on any atom is -0.392 e. The van der Waals surface area contributed by atoms with Gasteiger partial charge in [-0.15, -0.1) is 0 Å². The van der Waals surface area contributed by atoms with Crippen molar-refractivity contribution >= 4 is 5.95 Å². The molecular weight excluding hydrogens is 180 g/mol. The lowest BCUT2D eigenvalue weighted by Gasteiger charge is -2.06. The third-order valence-electron chi connectivity index (χ3n) is 1.70. The highest BCUT2D eigenvalue weighted by Crippen LogP contribution is 1.98. The Kier molecular flexibility index (Phi) is 4.28. The van der Waals surface area contributed by atoms with Crippen molar-refractivity contribution < 1.29 is 5.11 Å². The van der Waals surface area contributed by atoms with E-state index in [1.807, 2.05) is 0 Å². The summed E-state index contributed by atoms with van der Waals surface area (Å²) in [5.74, 6) is 0.615. The first kappa shape index (κ1) is 10.9. The van der Waals surface area contributed by atoms with Crippen LogP contribution < -0.4 is 10.6 Å². The van der Waals surface area contributed by atoms with Crippen LogP contribution in [0.2, 0.25) is 0 Å². The summed E-state index contributed by atoms with van der Waals surface area (Å²) in [6.07, 6.45) is 3.19. The third kappa shape index (κ3) is 3.68. The van der Waals surface area contributed by atoms with E-state index < -0.39 is 0 Å². The second-order valence-corrected chi connectivity index (χ2v) is 3.14. The summed E-state index contributed by atoms with van der Waals surface area (Å²) in [6.45, 7) is 3.00. The molecule has 1 aromatic heterocycles. The molecule has 1 rings (SSSR count). The van der Waals surface area contributed by atoms with Crippen LogP contribution in [0.3, 0.4) is 0 Å². The van der Waals surface area contributed by atoms with Crippen molar-refractivity contribution in [3.05, 3.63) is 18.0 Å². The summed E-state index contributed by atoms with van der Waals surface area (Å²) in [4.78, 5) is 8.14. The van der Waals surface area contributed by atoms with E-state index in [4.69, 9.17) is 5.11 Å². The summed E-state index contributed by atoms with van der Waals surface area (Å²) >= 11 is 0. The summed E-state index contributed by atoms with van der Waals surface area (Å²) in [5, 5.41) is 14.9. The standard InChI is InChI=1S/C9H16N4O/c1-7(14)3-11-4-8-5-12-9(10-2)13-6-8/h5-7,11,14H,3-4H2,1-2H3,(H,10,12,13)/t7-/m0/s1. The number of aromatic nitrogens is 2. The molecule has 0 unspecified atom stereocenters. The average molecular weight is 196 g/mol. The van der Waals surface area contributed by atoms with Gasteiger partial charge in [-0.05, 0) is 6.92 Å². The molecule has 5 heteroatoms. The second kappa shape index (κ2) is 5.51. The SMILES string of the molecule is CNc1ncc(CNC[C@H](C)O)cn1. The van der Waals surface area contributed by atoms with Gasteiger partial charge in [-0.3, -0.25) is 0 Å². The van der Waals surface area contributed by atoms with Crippen LogP contribution in [-0.4, -0.2) is 34.8 Å². The molecular formula is C9H16N4O. The second-order valence-electron chi connectivity index (χ2n) is 3.14. The predicted octanol–water partition coefficient (Wildman–Crippen LogP) is -0.0113. The van der Waals surface area contributed by atoms with Crippen LogP contribution in [0.15, 0.2) is 12.4 Å². The fourth-order valence-electron chi connectivity index (χ4n) is 1.00. The van der Waals surface area contributed by atoms with Gasteiger partial charge in [0.2, 0.25) is 5.95 Å². The number of hydrogen-bond donors (Lipinski definition) is 3. The van der Waals surface area contributed by atoms with Crippen molar-refractivity contribution in [3.8, 4) is 0 Å². The zero-order valence-corrected chi connectivity index (χ0v) is 8.49. The van der Waals surface area contributed by atoms with Crippen LogP contribution in [0.4, 0.5) is 5.95 Å². The molecule has 14 heavy (non-hydrogen) atoms. The topological polar surface area (TPSA) is 70.1 Å². The molecule has 0 amide bonds. The van der Waals surface area contributed by atoms with E-state index in [0.717, 1.165) is 5.56 Å². The number of rotatable bonds is 5. The third-order valence-corrected chi connectivity index (χ3v) is 1.70. The molecule has 1 heterocycles. The number of nitrogens with zero attached hydrogens (tertiary/aromatic N) is 2. The fraction of sp³-hybridized carbons (Fsp3) is 0.556. The number of aliphatic hydroxyl groups is 1. The quantitative estimate of drug-likeness (QED) is 0.618. The smallest absolute Gasteiger partial charge is 0.222 e. The lowest BCUT2D eigenvalue weighted by Crippen LogP contribution is -2.23. The van der Waals surface area contributed by atoms with Crippen LogP contribution in [0.1, 0.15) is 12.5 Å². The van der Waals surface area contributed by atoms with Gasteiger partial charge in [0, 0.05) is 38.1 Å². The Morgan fingerprint density at radius 1 is 1.43 bits per heavy atom. The van der Waals surface area contributed by atoms with Crippen molar-refractivity contribution in [2.24, 2.45) is 0 Å². The number of anilines is 1. The van der Waals surface area contributed by atoms with Gasteiger partial charge in [0.25, 0.3) is 0 Å². The van der Waals surface area contributed by atoms with Crippen LogP contribution in [0, 0.1) is 0 Å². The van der Waals surface area contributed by atoms with Crippen LogP contribution in [0.25, 0.3) is 0 Å². The van der Waals surface area contributed by atoms with Gasteiger partial charge >= 0.3 is 0 Å². The molecule has 0 aliphatic heterocycles. The van der Waals surface area contributed by atoms with Gasteiger partial charge < -0.3 is 15.7 Å². The molecule has 78 valence electrons. The molecule has 0 fully saturated rings. The molecule has 1 atom stereocenters. The fourth-order valence-corrected chi connectivity index (χ4v) is 1.00. The molecule has 5 nitrogen and oxygen atoms in total. The Hall–Kier alpha value is -1.20. The number of hydrogen-bond acceptors (Lipinski definition) is 5. The van der Waals surface area contributed by atoms with Gasteiger partial charge in [0.05, 0.1) is 6.10 Å². The molecule has 1 aromatic rings. The van der Waals surface area contributed by atoms with Gasteiger partial charge in [0.1, 0.15) is 0 Å². The van der Waals surface area contributed by atoms with Crippen LogP contribution in [0.5, 0.6) is 0 Å². The first-order valence-corrected chi connectivity index (χ1v) is 4.60. The average Bonchev–Trinajstić information content (AvgIpc) is 2.18. The molecule has 0 aliphatic carbocycles. The molecule has 0 radical (unpaired) electrons. The van der Waals surface area contributed by atoms with E-state index >= 15 is 0 Å². The molecule has 0 saturated heterocycles. The monoisotopic (exact) mass is 196 g/mol. The highest BCUT2D eigenvalue weighted by atomic mass is 16.3. The first-order valence-electron chi connectivity index (χ1n) is 4.60. The maximum Gasteiger partial charge on any atom is 0.222 e.